The Hall–Kier alpha value is -0.900. The van der Waals surface area contributed by atoms with Gasteiger partial charge in [0.15, 0.2) is 0 Å². The normalized spacial score (nSPS) is 12.4. The van der Waals surface area contributed by atoms with E-state index >= 15 is 0 Å². The van der Waals surface area contributed by atoms with Crippen LogP contribution in [-0.4, -0.2) is 11.4 Å². The van der Waals surface area contributed by atoms with Gasteiger partial charge >= 0.3 is 0 Å². The van der Waals surface area contributed by atoms with Crippen molar-refractivity contribution in [3.63, 3.8) is 0 Å². The molecule has 0 aliphatic rings. The van der Waals surface area contributed by atoms with E-state index in [1.54, 1.807) is 26.0 Å². The monoisotopic (exact) mass is 315 g/mol. The van der Waals surface area contributed by atoms with E-state index in [1.807, 2.05) is 20.8 Å². The lowest BCUT2D eigenvalue weighted by molar-refractivity contribution is -0.127. The van der Waals surface area contributed by atoms with Crippen LogP contribution in [0.4, 0.5) is 4.39 Å². The van der Waals surface area contributed by atoms with Crippen molar-refractivity contribution in [2.45, 2.75) is 45.6 Å². The molecule has 0 radical (unpaired) electrons. The van der Waals surface area contributed by atoms with Gasteiger partial charge in [-0.15, -0.1) is 0 Å². The van der Waals surface area contributed by atoms with E-state index in [1.165, 1.54) is 6.07 Å². The fraction of sp³-hybridized carbons (Fsp3) is 0.500. The maximum atomic E-state index is 13.5. The van der Waals surface area contributed by atoms with E-state index in [-0.39, 0.29) is 17.3 Å². The fourth-order valence-corrected chi connectivity index (χ4v) is 1.76. The van der Waals surface area contributed by atoms with Crippen LogP contribution in [0.1, 0.15) is 40.2 Å². The number of carbonyl (C=O) groups excluding carboxylic acids is 1. The summed E-state index contributed by atoms with van der Waals surface area (Å²) in [5.74, 6) is -0.471. The van der Waals surface area contributed by atoms with Gasteiger partial charge in [0.1, 0.15) is 5.82 Å². The smallest absolute Gasteiger partial charge is 0.230 e. The van der Waals surface area contributed by atoms with Crippen LogP contribution in [-0.2, 0) is 10.2 Å². The van der Waals surface area contributed by atoms with Crippen molar-refractivity contribution in [2.75, 3.05) is 0 Å². The summed E-state index contributed by atoms with van der Waals surface area (Å²) in [6, 6.07) is 4.78. The highest BCUT2D eigenvalue weighted by Gasteiger charge is 2.32. The van der Waals surface area contributed by atoms with Crippen LogP contribution >= 0.6 is 15.9 Å². The minimum atomic E-state index is -0.769. The molecule has 100 valence electrons. The Morgan fingerprint density at radius 2 is 1.78 bits per heavy atom. The standard InChI is InChI=1S/C14H19BrFNO/c1-13(2,3)17-12(18)14(4,5)9-6-7-10(15)11(16)8-9/h6-8H,1-5H3,(H,17,18). The molecule has 1 rings (SSSR count). The molecular weight excluding hydrogens is 297 g/mol. The number of hydrogen-bond donors (Lipinski definition) is 1. The predicted octanol–water partition coefficient (Wildman–Crippen LogP) is 3.78. The molecule has 18 heavy (non-hydrogen) atoms. The molecule has 0 heterocycles. The molecule has 4 heteroatoms. The number of nitrogens with one attached hydrogen (secondary N) is 1. The predicted molar refractivity (Wildman–Crippen MR) is 75.0 cm³/mol. The maximum absolute atomic E-state index is 13.5. The molecule has 0 aliphatic carbocycles. The van der Waals surface area contributed by atoms with Gasteiger partial charge in [-0.25, -0.2) is 4.39 Å². The van der Waals surface area contributed by atoms with Crippen LogP contribution in [0, 0.1) is 5.82 Å². The zero-order valence-electron chi connectivity index (χ0n) is 11.4. The molecule has 0 spiro atoms. The van der Waals surface area contributed by atoms with Crippen LogP contribution in [0.3, 0.4) is 0 Å². The van der Waals surface area contributed by atoms with Crippen LogP contribution in [0.15, 0.2) is 22.7 Å². The Morgan fingerprint density at radius 3 is 2.22 bits per heavy atom. The topological polar surface area (TPSA) is 29.1 Å². The van der Waals surface area contributed by atoms with Crippen molar-refractivity contribution in [1.29, 1.82) is 0 Å². The third-order valence-corrected chi connectivity index (χ3v) is 3.34. The Labute approximate surface area is 116 Å². The molecule has 0 aliphatic heterocycles. The summed E-state index contributed by atoms with van der Waals surface area (Å²) in [6.45, 7) is 9.34. The summed E-state index contributed by atoms with van der Waals surface area (Å²) in [5, 5.41) is 2.92. The van der Waals surface area contributed by atoms with Crippen LogP contribution < -0.4 is 5.32 Å². The molecule has 0 fully saturated rings. The fourth-order valence-electron chi connectivity index (χ4n) is 1.51. The van der Waals surface area contributed by atoms with E-state index in [0.717, 1.165) is 0 Å². The molecule has 1 aromatic carbocycles. The third-order valence-electron chi connectivity index (χ3n) is 2.70. The molecule has 2 nitrogen and oxygen atoms in total. The number of carbonyl (C=O) groups is 1. The number of amides is 1. The van der Waals surface area contributed by atoms with Crippen molar-refractivity contribution in [2.24, 2.45) is 0 Å². The highest BCUT2D eigenvalue weighted by atomic mass is 79.9. The lowest BCUT2D eigenvalue weighted by Gasteiger charge is -2.30. The minimum absolute atomic E-state index is 0.114. The number of rotatable bonds is 2. The average Bonchev–Trinajstić information content (AvgIpc) is 2.19. The van der Waals surface area contributed by atoms with Gasteiger partial charge in [-0.3, -0.25) is 4.79 Å². The summed E-state index contributed by atoms with van der Waals surface area (Å²) in [5.41, 5.74) is -0.415. The van der Waals surface area contributed by atoms with E-state index in [0.29, 0.717) is 10.0 Å². The molecule has 1 N–H and O–H groups in total. The largest absolute Gasteiger partial charge is 0.351 e. The molecule has 1 aromatic rings. The van der Waals surface area contributed by atoms with Crippen LogP contribution in [0.25, 0.3) is 0 Å². The van der Waals surface area contributed by atoms with Crippen molar-refractivity contribution >= 4 is 21.8 Å². The summed E-state index contributed by atoms with van der Waals surface area (Å²) in [6.07, 6.45) is 0. The van der Waals surface area contributed by atoms with Crippen molar-refractivity contribution in [1.82, 2.24) is 5.32 Å². The van der Waals surface area contributed by atoms with Gasteiger partial charge in [-0.1, -0.05) is 6.07 Å². The van der Waals surface area contributed by atoms with Crippen LogP contribution in [0.5, 0.6) is 0 Å². The second kappa shape index (κ2) is 5.00. The van der Waals surface area contributed by atoms with E-state index < -0.39 is 5.41 Å². The molecule has 0 saturated heterocycles. The van der Waals surface area contributed by atoms with Gasteiger partial charge in [-0.2, -0.15) is 0 Å². The average molecular weight is 316 g/mol. The summed E-state index contributed by atoms with van der Waals surface area (Å²) in [4.78, 5) is 12.2. The second-order valence-electron chi connectivity index (χ2n) is 5.96. The van der Waals surface area contributed by atoms with Gasteiger partial charge in [0, 0.05) is 5.54 Å². The summed E-state index contributed by atoms with van der Waals surface area (Å²) in [7, 11) is 0. The summed E-state index contributed by atoms with van der Waals surface area (Å²) >= 11 is 3.11. The van der Waals surface area contributed by atoms with Crippen LogP contribution in [0.2, 0.25) is 0 Å². The first-order valence-corrected chi connectivity index (χ1v) is 6.61. The first-order chi connectivity index (χ1) is 8.04. The second-order valence-corrected chi connectivity index (χ2v) is 6.81. The van der Waals surface area contributed by atoms with Gasteiger partial charge in [0.25, 0.3) is 0 Å². The molecule has 0 aromatic heterocycles. The van der Waals surface area contributed by atoms with Gasteiger partial charge in [-0.05, 0) is 68.2 Å². The Morgan fingerprint density at radius 1 is 1.22 bits per heavy atom. The highest BCUT2D eigenvalue weighted by molar-refractivity contribution is 9.10. The molecular formula is C14H19BrFNO. The van der Waals surface area contributed by atoms with Crippen molar-refractivity contribution < 1.29 is 9.18 Å². The Balaban J connectivity index is 3.05. The number of benzene rings is 1. The zero-order chi connectivity index (χ0) is 14.1. The lowest BCUT2D eigenvalue weighted by Crippen LogP contribution is -2.48. The first kappa shape index (κ1) is 15.2. The van der Waals surface area contributed by atoms with E-state index in [9.17, 15) is 9.18 Å². The summed E-state index contributed by atoms with van der Waals surface area (Å²) < 4.78 is 13.9. The van der Waals surface area contributed by atoms with Gasteiger partial charge < -0.3 is 5.32 Å². The van der Waals surface area contributed by atoms with Gasteiger partial charge in [0.05, 0.1) is 9.89 Å². The highest BCUT2D eigenvalue weighted by Crippen LogP contribution is 2.27. The minimum Gasteiger partial charge on any atom is -0.351 e. The maximum Gasteiger partial charge on any atom is 0.230 e. The molecule has 0 bridgehead atoms. The molecule has 0 unspecified atom stereocenters. The molecule has 1 amide bonds. The SMILES string of the molecule is CC(C)(C)NC(=O)C(C)(C)c1ccc(Br)c(F)c1. The zero-order valence-corrected chi connectivity index (χ0v) is 13.0. The number of halogens is 2. The quantitative estimate of drug-likeness (QED) is 0.884. The van der Waals surface area contributed by atoms with E-state index in [2.05, 4.69) is 21.2 Å². The first-order valence-electron chi connectivity index (χ1n) is 5.82. The molecule has 0 saturated carbocycles. The third kappa shape index (κ3) is 3.55. The van der Waals surface area contributed by atoms with Crippen molar-refractivity contribution in [3.05, 3.63) is 34.1 Å². The number of hydrogen-bond acceptors (Lipinski definition) is 1. The molecule has 0 atom stereocenters. The Kier molecular flexibility index (Phi) is 4.21. The van der Waals surface area contributed by atoms with Gasteiger partial charge in [0.2, 0.25) is 5.91 Å². The van der Waals surface area contributed by atoms with Crippen molar-refractivity contribution in [3.8, 4) is 0 Å². The Bertz CT molecular complexity index is 463. The van der Waals surface area contributed by atoms with E-state index in [4.69, 9.17) is 0 Å². The lowest BCUT2D eigenvalue weighted by atomic mass is 9.83.